The molecule has 1 N–H and O–H groups in total. The van der Waals surface area contributed by atoms with Gasteiger partial charge in [0.15, 0.2) is 20.2 Å². The smallest absolute Gasteiger partial charge is 0.195 e. The first kappa shape index (κ1) is 32.2. The number of hydrogen-bond acceptors (Lipinski definition) is 7. The van der Waals surface area contributed by atoms with Gasteiger partial charge in [-0.2, -0.15) is 0 Å². The van der Waals surface area contributed by atoms with Gasteiger partial charge in [0.25, 0.3) is 0 Å². The maximum atomic E-state index is 13.9. The molecule has 2 aliphatic heterocycles. The highest BCUT2D eigenvalue weighted by atomic mass is 32.2. The predicted molar refractivity (Wildman–Crippen MR) is 162 cm³/mol. The number of nitrogens with zero attached hydrogens (tertiary/aromatic N) is 1. The monoisotopic (exact) mass is 576 g/mol. The average Bonchev–Trinajstić information content (AvgIpc) is 2.87. The van der Waals surface area contributed by atoms with E-state index in [0.717, 1.165) is 18.4 Å². The quantitative estimate of drug-likeness (QED) is 0.267. The second-order valence-electron chi connectivity index (χ2n) is 13.0. The van der Waals surface area contributed by atoms with Crippen LogP contribution in [0.25, 0.3) is 0 Å². The number of carbonyl (C=O) groups excluding carboxylic acids is 1. The van der Waals surface area contributed by atoms with Gasteiger partial charge < -0.3 is 18.5 Å². The first-order valence-corrected chi connectivity index (χ1v) is 18.1. The molecule has 1 aromatic rings. The lowest BCUT2D eigenvalue weighted by Crippen LogP contribution is -2.50. The number of carbonyl (C=O) groups is 1. The Morgan fingerprint density at radius 2 is 1.77 bits per heavy atom. The third kappa shape index (κ3) is 8.82. The van der Waals surface area contributed by atoms with Crippen LogP contribution in [0.3, 0.4) is 0 Å². The zero-order valence-electron chi connectivity index (χ0n) is 25.0. The highest BCUT2D eigenvalue weighted by Gasteiger charge is 2.41. The molecule has 0 aliphatic carbocycles. The molecule has 3 unspecified atom stereocenters. The minimum absolute atomic E-state index is 0.0655. The summed E-state index contributed by atoms with van der Waals surface area (Å²) in [5, 5.41) is 0.0655. The molecule has 3 atom stereocenters. The molecule has 0 saturated carbocycles. The molecule has 1 saturated heterocycles. The van der Waals surface area contributed by atoms with Crippen molar-refractivity contribution in [2.75, 3.05) is 19.8 Å². The lowest BCUT2D eigenvalue weighted by Gasteiger charge is -2.37. The summed E-state index contributed by atoms with van der Waals surface area (Å²) < 4.78 is 34.4. The molecule has 3 rings (SSSR count). The highest BCUT2D eigenvalue weighted by molar-refractivity contribution is 7.90. The van der Waals surface area contributed by atoms with Crippen molar-refractivity contribution >= 4 is 31.7 Å². The van der Waals surface area contributed by atoms with Crippen LogP contribution in [0.5, 0.6) is 0 Å². The van der Waals surface area contributed by atoms with Gasteiger partial charge in [0.2, 0.25) is 0 Å². The third-order valence-electron chi connectivity index (χ3n) is 7.93. The Kier molecular flexibility index (Phi) is 11.2. The molecule has 2 aliphatic rings. The van der Waals surface area contributed by atoms with E-state index in [1.165, 1.54) is 0 Å². The Labute approximate surface area is 239 Å². The molecule has 39 heavy (non-hydrogen) atoms. The van der Waals surface area contributed by atoms with Gasteiger partial charge in [-0.15, -0.1) is 4.72 Å². The Bertz CT molecular complexity index is 1010. The second kappa shape index (κ2) is 13.6. The van der Waals surface area contributed by atoms with Crippen LogP contribution in [-0.2, 0) is 36.7 Å². The van der Waals surface area contributed by atoms with E-state index in [2.05, 4.69) is 38.6 Å². The van der Waals surface area contributed by atoms with E-state index in [1.807, 2.05) is 51.1 Å². The predicted octanol–water partition coefficient (Wildman–Crippen LogP) is 5.74. The first-order chi connectivity index (χ1) is 18.2. The Hall–Kier alpha value is -1.33. The van der Waals surface area contributed by atoms with Crippen molar-refractivity contribution in [3.05, 3.63) is 47.2 Å². The van der Waals surface area contributed by atoms with Gasteiger partial charge in [0, 0.05) is 43.0 Å². The largest absolute Gasteiger partial charge is 0.598 e. The summed E-state index contributed by atoms with van der Waals surface area (Å²) in [6, 6.07) is 9.50. The fraction of sp³-hybridized carbons (Fsp3) is 0.667. The number of ether oxygens (including phenoxy) is 2. The SMILES string of the molecule is CC(C)(C)[S+]([O-])NC(C1=C(CCO[Si](C)(C)C(C)(C)C)C(=O)C(OCc2ccccc2)C=N1)C1CCOCC1. The number of rotatable bonds is 11. The fourth-order valence-corrected chi connectivity index (χ4v) is 6.26. The number of ketones is 1. The van der Waals surface area contributed by atoms with Crippen LogP contribution in [0.15, 0.2) is 46.6 Å². The van der Waals surface area contributed by atoms with E-state index in [9.17, 15) is 9.35 Å². The van der Waals surface area contributed by atoms with Crippen molar-refractivity contribution in [2.24, 2.45) is 10.9 Å². The normalized spacial score (nSPS) is 21.4. The zero-order valence-corrected chi connectivity index (χ0v) is 26.9. The molecule has 218 valence electrons. The van der Waals surface area contributed by atoms with Gasteiger partial charge in [-0.1, -0.05) is 51.1 Å². The minimum atomic E-state index is -2.00. The summed E-state index contributed by atoms with van der Waals surface area (Å²) in [5.74, 6) is 0.0678. The standard InChI is InChI=1S/C30H48N2O5SSi/c1-29(2,3)38(34)32-26(23-14-17-35-18-15-23)27-24(16-19-37-39(7,8)30(4,5)6)28(33)25(20-31-27)36-21-22-12-10-9-11-13-22/h9-13,20,23,25-26,32H,14-19,21H2,1-8H3. The Morgan fingerprint density at radius 3 is 2.36 bits per heavy atom. The van der Waals surface area contributed by atoms with Crippen molar-refractivity contribution < 1.29 is 23.2 Å². The molecule has 7 nitrogen and oxygen atoms in total. The van der Waals surface area contributed by atoms with Gasteiger partial charge in [-0.05, 0) is 69.6 Å². The maximum absolute atomic E-state index is 13.9. The molecular weight excluding hydrogens is 528 g/mol. The Morgan fingerprint density at radius 1 is 1.13 bits per heavy atom. The molecule has 1 fully saturated rings. The minimum Gasteiger partial charge on any atom is -0.598 e. The third-order valence-corrected chi connectivity index (χ3v) is 14.0. The van der Waals surface area contributed by atoms with Crippen molar-refractivity contribution in [2.45, 2.75) is 102 Å². The molecular formula is C30H48N2O5SSi. The van der Waals surface area contributed by atoms with Gasteiger partial charge >= 0.3 is 0 Å². The van der Waals surface area contributed by atoms with Gasteiger partial charge in [-0.25, -0.2) is 0 Å². The number of Topliss-reactive ketones (excluding diaryl/α,β-unsaturated/α-hetero) is 1. The fourth-order valence-electron chi connectivity index (χ4n) is 4.33. The van der Waals surface area contributed by atoms with Crippen LogP contribution in [-0.4, -0.2) is 61.6 Å². The van der Waals surface area contributed by atoms with Gasteiger partial charge in [0.1, 0.15) is 4.75 Å². The van der Waals surface area contributed by atoms with E-state index in [0.29, 0.717) is 44.1 Å². The number of aliphatic imine (C=N–C) groups is 1. The van der Waals surface area contributed by atoms with Crippen LogP contribution < -0.4 is 4.72 Å². The van der Waals surface area contributed by atoms with Crippen LogP contribution >= 0.6 is 0 Å². The number of hydrogen-bond donors (Lipinski definition) is 1. The summed E-state index contributed by atoms with van der Waals surface area (Å²) in [4.78, 5) is 18.8. The number of nitrogens with one attached hydrogen (secondary N) is 1. The van der Waals surface area contributed by atoms with E-state index >= 15 is 0 Å². The van der Waals surface area contributed by atoms with Crippen LogP contribution in [0, 0.1) is 5.92 Å². The van der Waals surface area contributed by atoms with Crippen LogP contribution in [0.2, 0.25) is 18.1 Å². The maximum Gasteiger partial charge on any atom is 0.195 e. The van der Waals surface area contributed by atoms with E-state index in [-0.39, 0.29) is 22.8 Å². The van der Waals surface area contributed by atoms with Crippen molar-refractivity contribution in [3.63, 3.8) is 0 Å². The zero-order chi connectivity index (χ0) is 28.8. The van der Waals surface area contributed by atoms with Crippen molar-refractivity contribution in [1.29, 1.82) is 0 Å². The lowest BCUT2D eigenvalue weighted by atomic mass is 9.86. The lowest BCUT2D eigenvalue weighted by molar-refractivity contribution is -0.123. The Balaban J connectivity index is 1.91. The number of benzene rings is 1. The molecule has 1 aromatic carbocycles. The molecule has 0 amide bonds. The molecule has 0 bridgehead atoms. The first-order valence-electron chi connectivity index (χ1n) is 14.1. The van der Waals surface area contributed by atoms with Gasteiger partial charge in [0.05, 0.1) is 18.3 Å². The highest BCUT2D eigenvalue weighted by Crippen LogP contribution is 2.37. The average molecular weight is 577 g/mol. The summed E-state index contributed by atoms with van der Waals surface area (Å²) in [7, 11) is -2.00. The summed E-state index contributed by atoms with van der Waals surface area (Å²) in [6.07, 6.45) is 2.92. The van der Waals surface area contributed by atoms with E-state index in [1.54, 1.807) is 6.21 Å². The van der Waals surface area contributed by atoms with Crippen molar-refractivity contribution in [1.82, 2.24) is 4.72 Å². The van der Waals surface area contributed by atoms with Crippen LogP contribution in [0.4, 0.5) is 0 Å². The van der Waals surface area contributed by atoms with Crippen LogP contribution in [0.1, 0.15) is 66.4 Å². The second-order valence-corrected chi connectivity index (χ2v) is 19.8. The summed E-state index contributed by atoms with van der Waals surface area (Å²) >= 11 is -1.33. The van der Waals surface area contributed by atoms with E-state index in [4.69, 9.17) is 18.9 Å². The molecule has 0 aromatic heterocycles. The van der Waals surface area contributed by atoms with Gasteiger partial charge in [-0.3, -0.25) is 9.79 Å². The molecule has 0 spiro atoms. The van der Waals surface area contributed by atoms with Crippen molar-refractivity contribution in [3.8, 4) is 0 Å². The van der Waals surface area contributed by atoms with E-state index < -0.39 is 30.5 Å². The molecule has 9 heteroatoms. The molecule has 0 radical (unpaired) electrons. The molecule has 2 heterocycles. The summed E-state index contributed by atoms with van der Waals surface area (Å²) in [6.45, 7) is 18.9. The summed E-state index contributed by atoms with van der Waals surface area (Å²) in [5.41, 5.74) is 2.28. The topological polar surface area (TPSA) is 92.2 Å².